The fourth-order valence-corrected chi connectivity index (χ4v) is 2.89. The number of fused-ring (bicyclic) bond motifs is 1. The van der Waals surface area contributed by atoms with Crippen LogP contribution in [0.3, 0.4) is 0 Å². The number of hydrogen-bond donors (Lipinski definition) is 1. The first-order valence-electron chi connectivity index (χ1n) is 7.56. The predicted octanol–water partition coefficient (Wildman–Crippen LogP) is 3.40. The number of amides is 2. The average molecular weight is 345 g/mol. The van der Waals surface area contributed by atoms with Gasteiger partial charge in [0.15, 0.2) is 6.10 Å². The summed E-state index contributed by atoms with van der Waals surface area (Å²) in [5, 5.41) is 3.22. The minimum absolute atomic E-state index is 0.142. The van der Waals surface area contributed by atoms with Crippen molar-refractivity contribution in [2.75, 3.05) is 16.8 Å². The minimum atomic E-state index is -0.804. The number of aryl methyl sites for hydroxylation is 1. The largest absolute Gasteiger partial charge is 0.476 e. The van der Waals surface area contributed by atoms with Crippen molar-refractivity contribution in [3.8, 4) is 5.75 Å². The summed E-state index contributed by atoms with van der Waals surface area (Å²) in [5.41, 5.74) is 2.19. The van der Waals surface area contributed by atoms with Gasteiger partial charge in [-0.1, -0.05) is 29.8 Å². The normalized spacial score (nSPS) is 16.1. The maximum Gasteiger partial charge on any atom is 0.267 e. The van der Waals surface area contributed by atoms with Gasteiger partial charge in [0.2, 0.25) is 5.91 Å². The first-order valence-corrected chi connectivity index (χ1v) is 7.94. The fourth-order valence-electron chi connectivity index (χ4n) is 2.60. The molecular weight excluding hydrogens is 328 g/mol. The van der Waals surface area contributed by atoms with E-state index in [4.69, 9.17) is 16.3 Å². The van der Waals surface area contributed by atoms with Gasteiger partial charge >= 0.3 is 0 Å². The van der Waals surface area contributed by atoms with E-state index in [0.29, 0.717) is 22.1 Å². The number of nitrogens with one attached hydrogen (secondary N) is 1. The Bertz CT molecular complexity index is 807. The van der Waals surface area contributed by atoms with Crippen molar-refractivity contribution in [1.29, 1.82) is 0 Å². The molecule has 0 saturated heterocycles. The number of nitrogens with zero attached hydrogens (tertiary/aromatic N) is 1. The van der Waals surface area contributed by atoms with Crippen LogP contribution in [0.1, 0.15) is 12.5 Å². The molecule has 1 aliphatic heterocycles. The van der Waals surface area contributed by atoms with Crippen molar-refractivity contribution in [1.82, 2.24) is 0 Å². The third-order valence-corrected chi connectivity index (χ3v) is 4.14. The Morgan fingerprint density at radius 3 is 2.71 bits per heavy atom. The van der Waals surface area contributed by atoms with Gasteiger partial charge in [0.1, 0.15) is 5.75 Å². The Morgan fingerprint density at radius 1 is 1.25 bits per heavy atom. The van der Waals surface area contributed by atoms with Gasteiger partial charge in [-0.15, -0.1) is 0 Å². The van der Waals surface area contributed by atoms with E-state index in [-0.39, 0.29) is 18.4 Å². The number of anilines is 2. The van der Waals surface area contributed by atoms with Crippen LogP contribution in [0.4, 0.5) is 11.4 Å². The van der Waals surface area contributed by atoms with Crippen molar-refractivity contribution in [3.05, 3.63) is 53.1 Å². The SMILES string of the molecule is CC(=O)N1C[C@@H](C(=O)Nc2ccc(C)cc2Cl)Oc2ccccc21. The topological polar surface area (TPSA) is 58.6 Å². The van der Waals surface area contributed by atoms with Crippen molar-refractivity contribution >= 4 is 34.8 Å². The number of carbonyl (C=O) groups is 2. The zero-order chi connectivity index (χ0) is 17.3. The highest BCUT2D eigenvalue weighted by Crippen LogP contribution is 2.33. The maximum atomic E-state index is 12.5. The monoisotopic (exact) mass is 344 g/mol. The minimum Gasteiger partial charge on any atom is -0.476 e. The van der Waals surface area contributed by atoms with E-state index in [9.17, 15) is 9.59 Å². The summed E-state index contributed by atoms with van der Waals surface area (Å²) in [6, 6.07) is 12.5. The highest BCUT2D eigenvalue weighted by Gasteiger charge is 2.32. The number of rotatable bonds is 2. The summed E-state index contributed by atoms with van der Waals surface area (Å²) < 4.78 is 5.76. The van der Waals surface area contributed by atoms with Gasteiger partial charge < -0.3 is 15.0 Å². The number of halogens is 1. The first kappa shape index (κ1) is 16.3. The molecular formula is C18H17ClN2O3. The van der Waals surface area contributed by atoms with Crippen LogP contribution in [0, 0.1) is 6.92 Å². The Balaban J connectivity index is 1.82. The zero-order valence-corrected chi connectivity index (χ0v) is 14.1. The summed E-state index contributed by atoms with van der Waals surface area (Å²) >= 11 is 6.15. The highest BCUT2D eigenvalue weighted by atomic mass is 35.5. The smallest absolute Gasteiger partial charge is 0.267 e. The molecule has 5 nitrogen and oxygen atoms in total. The predicted molar refractivity (Wildman–Crippen MR) is 93.7 cm³/mol. The average Bonchev–Trinajstić information content (AvgIpc) is 2.56. The molecule has 0 spiro atoms. The molecule has 2 aromatic rings. The lowest BCUT2D eigenvalue weighted by atomic mass is 10.1. The number of ether oxygens (including phenoxy) is 1. The molecule has 0 bridgehead atoms. The molecule has 0 saturated carbocycles. The zero-order valence-electron chi connectivity index (χ0n) is 13.4. The van der Waals surface area contributed by atoms with Crippen LogP contribution in [0.25, 0.3) is 0 Å². The second-order valence-electron chi connectivity index (χ2n) is 5.68. The third-order valence-electron chi connectivity index (χ3n) is 3.83. The first-order chi connectivity index (χ1) is 11.5. The molecule has 0 aliphatic carbocycles. The summed E-state index contributed by atoms with van der Waals surface area (Å²) in [5.74, 6) is 0.0209. The molecule has 0 radical (unpaired) electrons. The molecule has 2 aromatic carbocycles. The Hall–Kier alpha value is -2.53. The molecule has 6 heteroatoms. The van der Waals surface area contributed by atoms with Gasteiger partial charge in [0, 0.05) is 6.92 Å². The van der Waals surface area contributed by atoms with Gasteiger partial charge in [-0.25, -0.2) is 0 Å². The van der Waals surface area contributed by atoms with E-state index in [1.807, 2.05) is 19.1 Å². The highest BCUT2D eigenvalue weighted by molar-refractivity contribution is 6.33. The van der Waals surface area contributed by atoms with E-state index >= 15 is 0 Å². The lowest BCUT2D eigenvalue weighted by molar-refractivity contribution is -0.123. The van der Waals surface area contributed by atoms with Crippen LogP contribution in [0.5, 0.6) is 5.75 Å². The molecule has 2 amide bonds. The van der Waals surface area contributed by atoms with Crippen LogP contribution >= 0.6 is 11.6 Å². The standard InChI is InChI=1S/C18H17ClN2O3/c1-11-7-8-14(13(19)9-11)20-18(23)17-10-21(12(2)22)15-5-3-4-6-16(15)24-17/h3-9,17H,10H2,1-2H3,(H,20,23)/t17-/m0/s1. The van der Waals surface area contributed by atoms with Gasteiger partial charge in [-0.3, -0.25) is 9.59 Å². The van der Waals surface area contributed by atoms with Crippen LogP contribution in [-0.2, 0) is 9.59 Å². The summed E-state index contributed by atoms with van der Waals surface area (Å²) in [6.45, 7) is 3.54. The lowest BCUT2D eigenvalue weighted by Gasteiger charge is -2.33. The Labute approximate surface area is 145 Å². The molecule has 1 atom stereocenters. The molecule has 0 unspecified atom stereocenters. The van der Waals surface area contributed by atoms with E-state index < -0.39 is 6.10 Å². The molecule has 0 fully saturated rings. The summed E-state index contributed by atoms with van der Waals surface area (Å²) in [4.78, 5) is 26.0. The maximum absolute atomic E-state index is 12.5. The van der Waals surface area contributed by atoms with Crippen molar-refractivity contribution in [3.63, 3.8) is 0 Å². The van der Waals surface area contributed by atoms with E-state index in [1.54, 1.807) is 35.2 Å². The molecule has 1 N–H and O–H groups in total. The Kier molecular flexibility index (Phi) is 4.44. The van der Waals surface area contributed by atoms with E-state index in [0.717, 1.165) is 5.56 Å². The number of hydrogen-bond acceptors (Lipinski definition) is 3. The molecule has 24 heavy (non-hydrogen) atoms. The van der Waals surface area contributed by atoms with Crippen molar-refractivity contribution in [2.45, 2.75) is 20.0 Å². The summed E-state index contributed by atoms with van der Waals surface area (Å²) in [6.07, 6.45) is -0.804. The van der Waals surface area contributed by atoms with E-state index in [2.05, 4.69) is 5.32 Å². The van der Waals surface area contributed by atoms with Crippen LogP contribution in [0.15, 0.2) is 42.5 Å². The second-order valence-corrected chi connectivity index (χ2v) is 6.08. The summed E-state index contributed by atoms with van der Waals surface area (Å²) in [7, 11) is 0. The molecule has 1 heterocycles. The lowest BCUT2D eigenvalue weighted by Crippen LogP contribution is -2.48. The Morgan fingerprint density at radius 2 is 2.00 bits per heavy atom. The number of para-hydroxylation sites is 2. The van der Waals surface area contributed by atoms with Gasteiger partial charge in [-0.2, -0.15) is 0 Å². The third kappa shape index (κ3) is 3.21. The van der Waals surface area contributed by atoms with E-state index in [1.165, 1.54) is 6.92 Å². The molecule has 1 aliphatic rings. The van der Waals surface area contributed by atoms with Crippen LogP contribution in [-0.4, -0.2) is 24.5 Å². The molecule has 0 aromatic heterocycles. The van der Waals surface area contributed by atoms with Crippen LogP contribution in [0.2, 0.25) is 5.02 Å². The second kappa shape index (κ2) is 6.53. The van der Waals surface area contributed by atoms with Crippen molar-refractivity contribution in [2.24, 2.45) is 0 Å². The van der Waals surface area contributed by atoms with Gasteiger partial charge in [0.25, 0.3) is 5.91 Å². The fraction of sp³-hybridized carbons (Fsp3) is 0.222. The van der Waals surface area contributed by atoms with Gasteiger partial charge in [0.05, 0.1) is 22.9 Å². The number of benzene rings is 2. The quantitative estimate of drug-likeness (QED) is 0.908. The number of carbonyl (C=O) groups excluding carboxylic acids is 2. The molecule has 3 rings (SSSR count). The van der Waals surface area contributed by atoms with Crippen molar-refractivity contribution < 1.29 is 14.3 Å². The molecule has 124 valence electrons. The van der Waals surface area contributed by atoms with Gasteiger partial charge in [-0.05, 0) is 36.8 Å². The van der Waals surface area contributed by atoms with Crippen LogP contribution < -0.4 is 15.0 Å².